The van der Waals surface area contributed by atoms with Crippen molar-refractivity contribution in [3.8, 4) is 0 Å². The van der Waals surface area contributed by atoms with Crippen LogP contribution in [0.4, 0.5) is 5.69 Å². The molecule has 5 nitrogen and oxygen atoms in total. The fraction of sp³-hybridized carbons (Fsp3) is 0.111. The number of nitrogens with one attached hydrogen (secondary N) is 1. The Bertz CT molecular complexity index is 1410. The zero-order chi connectivity index (χ0) is 23.7. The predicted molar refractivity (Wildman–Crippen MR) is 135 cm³/mol. The van der Waals surface area contributed by atoms with Crippen molar-refractivity contribution in [1.29, 1.82) is 0 Å². The molecule has 0 saturated carbocycles. The molecule has 0 aliphatic carbocycles. The van der Waals surface area contributed by atoms with Crippen LogP contribution in [0.5, 0.6) is 0 Å². The van der Waals surface area contributed by atoms with Gasteiger partial charge in [0.15, 0.2) is 0 Å². The van der Waals surface area contributed by atoms with Gasteiger partial charge in [-0.05, 0) is 59.8 Å². The van der Waals surface area contributed by atoms with Crippen LogP contribution in [0.3, 0.4) is 0 Å². The number of nitrogens with zero attached hydrogens (tertiary/aromatic N) is 1. The molecule has 0 bridgehead atoms. The van der Waals surface area contributed by atoms with Gasteiger partial charge in [-0.15, -0.1) is 11.3 Å². The van der Waals surface area contributed by atoms with Crippen molar-refractivity contribution in [2.24, 2.45) is 0 Å². The average Bonchev–Trinajstić information content (AvgIpc) is 3.37. The van der Waals surface area contributed by atoms with Gasteiger partial charge in [0.2, 0.25) is 0 Å². The monoisotopic (exact) mass is 486 g/mol. The van der Waals surface area contributed by atoms with Crippen molar-refractivity contribution in [2.75, 3.05) is 4.90 Å². The number of thiophene rings is 1. The van der Waals surface area contributed by atoms with Crippen LogP contribution in [-0.2, 0) is 23.9 Å². The van der Waals surface area contributed by atoms with E-state index in [9.17, 15) is 13.8 Å². The molecule has 7 heteroatoms. The van der Waals surface area contributed by atoms with Crippen molar-refractivity contribution < 1.29 is 13.8 Å². The Morgan fingerprint density at radius 3 is 2.56 bits per heavy atom. The SMILES string of the molecule is Cc1ccccc1CN1C(=O)c2ccccc2[S@](=O)c2ccc(C(=O)NCc3cccs3)cc21. The summed E-state index contributed by atoms with van der Waals surface area (Å²) in [5.74, 6) is -0.478. The van der Waals surface area contributed by atoms with Crippen LogP contribution >= 0.6 is 11.3 Å². The molecule has 0 radical (unpaired) electrons. The Labute approximate surface area is 204 Å². The standard InChI is InChI=1S/C27H22N2O3S2/c1-18-7-2-3-8-20(18)17-29-23-15-19(26(30)28-16-21-9-6-14-33-21)12-13-25(23)34(32)24-11-5-4-10-22(24)27(29)31/h2-15H,16-17H2,1H3,(H,28,30)/t34-/m0/s1. The van der Waals surface area contributed by atoms with Gasteiger partial charge in [-0.25, -0.2) is 4.21 Å². The molecule has 5 rings (SSSR count). The number of aryl methyl sites for hydroxylation is 1. The lowest BCUT2D eigenvalue weighted by Gasteiger charge is -2.24. The summed E-state index contributed by atoms with van der Waals surface area (Å²) in [5.41, 5.74) is 3.36. The van der Waals surface area contributed by atoms with E-state index in [0.29, 0.717) is 39.7 Å². The first-order chi connectivity index (χ1) is 16.5. The molecule has 0 spiro atoms. The lowest BCUT2D eigenvalue weighted by atomic mass is 10.1. The van der Waals surface area contributed by atoms with Crippen molar-refractivity contribution in [3.05, 3.63) is 111 Å². The van der Waals surface area contributed by atoms with E-state index < -0.39 is 10.8 Å². The highest BCUT2D eigenvalue weighted by Gasteiger charge is 2.31. The lowest BCUT2D eigenvalue weighted by Crippen LogP contribution is -2.31. The molecule has 1 atom stereocenters. The second kappa shape index (κ2) is 9.37. The topological polar surface area (TPSA) is 66.5 Å². The number of rotatable bonds is 5. The van der Waals surface area contributed by atoms with Gasteiger partial charge in [-0.2, -0.15) is 0 Å². The zero-order valence-corrected chi connectivity index (χ0v) is 20.1. The number of hydrogen-bond acceptors (Lipinski definition) is 4. The maximum atomic E-state index is 13.7. The number of benzene rings is 3. The van der Waals surface area contributed by atoms with Gasteiger partial charge in [0.05, 0.1) is 44.9 Å². The highest BCUT2D eigenvalue weighted by molar-refractivity contribution is 7.85. The second-order valence-corrected chi connectivity index (χ2v) is 10.5. The third-order valence-corrected chi connectivity index (χ3v) is 8.24. The van der Waals surface area contributed by atoms with Gasteiger partial charge in [-0.3, -0.25) is 9.59 Å². The minimum atomic E-state index is -1.55. The van der Waals surface area contributed by atoms with Crippen LogP contribution in [0.15, 0.2) is 94.0 Å². The molecular weight excluding hydrogens is 464 g/mol. The largest absolute Gasteiger partial charge is 0.347 e. The fourth-order valence-corrected chi connectivity index (χ4v) is 5.99. The minimum absolute atomic E-state index is 0.234. The van der Waals surface area contributed by atoms with Crippen molar-refractivity contribution in [1.82, 2.24) is 5.32 Å². The summed E-state index contributed by atoms with van der Waals surface area (Å²) < 4.78 is 13.5. The molecule has 34 heavy (non-hydrogen) atoms. The third-order valence-electron chi connectivity index (χ3n) is 5.87. The van der Waals surface area contributed by atoms with E-state index in [2.05, 4.69) is 5.32 Å². The first kappa shape index (κ1) is 22.3. The number of hydrogen-bond donors (Lipinski definition) is 1. The van der Waals surface area contributed by atoms with Crippen LogP contribution < -0.4 is 10.2 Å². The maximum absolute atomic E-state index is 13.7. The molecule has 1 aliphatic heterocycles. The van der Waals surface area contributed by atoms with E-state index in [-0.39, 0.29) is 11.8 Å². The zero-order valence-electron chi connectivity index (χ0n) is 18.5. The maximum Gasteiger partial charge on any atom is 0.259 e. The smallest absolute Gasteiger partial charge is 0.259 e. The summed E-state index contributed by atoms with van der Waals surface area (Å²) in [6.07, 6.45) is 0. The van der Waals surface area contributed by atoms with Crippen LogP contribution in [0.2, 0.25) is 0 Å². The number of fused-ring (bicyclic) bond motifs is 2. The second-order valence-electron chi connectivity index (χ2n) is 8.03. The van der Waals surface area contributed by atoms with Crippen molar-refractivity contribution >= 4 is 39.6 Å². The molecule has 1 N–H and O–H groups in total. The Balaban J connectivity index is 1.58. The number of carbonyl (C=O) groups excluding carboxylic acids is 2. The molecule has 0 saturated heterocycles. The molecule has 0 unspecified atom stereocenters. The minimum Gasteiger partial charge on any atom is -0.347 e. The van der Waals surface area contributed by atoms with Gasteiger partial charge < -0.3 is 10.2 Å². The lowest BCUT2D eigenvalue weighted by molar-refractivity contribution is 0.0947. The Morgan fingerprint density at radius 1 is 0.971 bits per heavy atom. The molecule has 1 aliphatic rings. The van der Waals surface area contributed by atoms with Crippen LogP contribution in [0.25, 0.3) is 0 Å². The van der Waals surface area contributed by atoms with Gasteiger partial charge in [0.25, 0.3) is 11.8 Å². The Morgan fingerprint density at radius 2 is 1.76 bits per heavy atom. The third kappa shape index (κ3) is 4.20. The van der Waals surface area contributed by atoms with Crippen LogP contribution in [0, 0.1) is 6.92 Å². The fourth-order valence-electron chi connectivity index (χ4n) is 4.00. The highest BCUT2D eigenvalue weighted by atomic mass is 32.2. The quantitative estimate of drug-likeness (QED) is 0.416. The van der Waals surface area contributed by atoms with Gasteiger partial charge in [-0.1, -0.05) is 42.5 Å². The van der Waals surface area contributed by atoms with E-state index >= 15 is 0 Å². The molecular formula is C27H22N2O3S2. The number of amides is 2. The van der Waals surface area contributed by atoms with Gasteiger partial charge >= 0.3 is 0 Å². The highest BCUT2D eigenvalue weighted by Crippen LogP contribution is 2.36. The molecule has 0 fully saturated rings. The Hall–Kier alpha value is -3.55. The molecule has 3 aromatic carbocycles. The Kier molecular flexibility index (Phi) is 6.13. The first-order valence-electron chi connectivity index (χ1n) is 10.8. The van der Waals surface area contributed by atoms with E-state index in [0.717, 1.165) is 16.0 Å². The van der Waals surface area contributed by atoms with E-state index in [1.165, 1.54) is 0 Å². The molecule has 2 amide bonds. The van der Waals surface area contributed by atoms with E-state index in [1.54, 1.807) is 58.7 Å². The summed E-state index contributed by atoms with van der Waals surface area (Å²) in [6.45, 7) is 2.74. The summed E-state index contributed by atoms with van der Waals surface area (Å²) in [7, 11) is -1.55. The van der Waals surface area contributed by atoms with E-state index in [4.69, 9.17) is 0 Å². The van der Waals surface area contributed by atoms with Crippen molar-refractivity contribution in [3.63, 3.8) is 0 Å². The van der Waals surface area contributed by atoms with Crippen LogP contribution in [0.1, 0.15) is 36.7 Å². The summed E-state index contributed by atoms with van der Waals surface area (Å²) in [4.78, 5) is 30.3. The number of carbonyl (C=O) groups is 2. The van der Waals surface area contributed by atoms with Crippen molar-refractivity contribution in [2.45, 2.75) is 29.8 Å². The van der Waals surface area contributed by atoms with Gasteiger partial charge in [0.1, 0.15) is 0 Å². The molecule has 1 aromatic heterocycles. The predicted octanol–water partition coefficient (Wildman–Crippen LogP) is 5.31. The summed E-state index contributed by atoms with van der Waals surface area (Å²) in [5, 5.41) is 4.89. The van der Waals surface area contributed by atoms with E-state index in [1.807, 2.05) is 48.7 Å². The average molecular weight is 487 g/mol. The summed E-state index contributed by atoms with van der Waals surface area (Å²) >= 11 is 1.57. The van der Waals surface area contributed by atoms with Gasteiger partial charge in [0, 0.05) is 10.4 Å². The normalized spacial score (nSPS) is 14.8. The molecule has 4 aromatic rings. The summed E-state index contributed by atoms with van der Waals surface area (Å²) in [6, 6.07) is 23.8. The molecule has 170 valence electrons. The number of anilines is 1. The first-order valence-corrected chi connectivity index (χ1v) is 12.9. The molecule has 2 heterocycles. The van der Waals surface area contributed by atoms with Crippen LogP contribution in [-0.4, -0.2) is 16.0 Å².